The number of hydrogen-bond donors (Lipinski definition) is 0. The van der Waals surface area contributed by atoms with Gasteiger partial charge in [0.05, 0.1) is 25.2 Å². The van der Waals surface area contributed by atoms with Crippen molar-refractivity contribution < 1.29 is 14.3 Å². The molecule has 1 aromatic carbocycles. The van der Waals surface area contributed by atoms with Crippen LogP contribution < -0.4 is 0 Å². The van der Waals surface area contributed by atoms with E-state index in [4.69, 9.17) is 9.47 Å². The highest BCUT2D eigenvalue weighted by Gasteiger charge is 2.48. The number of ether oxygens (including phenoxy) is 2. The monoisotopic (exact) mass is 372 g/mol. The number of likely N-dealkylation sites (tertiary alicyclic amines) is 1. The SMILES string of the molecule is COCCOC1CCN(C(=O)[C@@H]2C[C@H](c3ccccc3)N3CCC[C@@H]23)CC1. The summed E-state index contributed by atoms with van der Waals surface area (Å²) in [5.41, 5.74) is 1.37. The Bertz CT molecular complexity index is 615. The summed E-state index contributed by atoms with van der Waals surface area (Å²) in [7, 11) is 1.70. The van der Waals surface area contributed by atoms with E-state index in [0.717, 1.165) is 45.3 Å². The second-order valence-electron chi connectivity index (χ2n) is 8.10. The summed E-state index contributed by atoms with van der Waals surface area (Å²) in [5, 5.41) is 0. The lowest BCUT2D eigenvalue weighted by Gasteiger charge is -2.34. The first-order chi connectivity index (χ1) is 13.3. The van der Waals surface area contributed by atoms with Crippen LogP contribution in [0.2, 0.25) is 0 Å². The third kappa shape index (κ3) is 4.05. The Morgan fingerprint density at radius 1 is 1.07 bits per heavy atom. The molecule has 3 aliphatic heterocycles. The molecule has 0 spiro atoms. The second kappa shape index (κ2) is 8.72. The zero-order valence-corrected chi connectivity index (χ0v) is 16.4. The molecule has 0 aliphatic carbocycles. The zero-order chi connectivity index (χ0) is 18.6. The molecule has 0 N–H and O–H groups in total. The molecule has 27 heavy (non-hydrogen) atoms. The Morgan fingerprint density at radius 3 is 2.59 bits per heavy atom. The highest BCUT2D eigenvalue weighted by molar-refractivity contribution is 5.80. The van der Waals surface area contributed by atoms with Crippen molar-refractivity contribution in [1.29, 1.82) is 0 Å². The van der Waals surface area contributed by atoms with E-state index in [-0.39, 0.29) is 12.0 Å². The van der Waals surface area contributed by atoms with Gasteiger partial charge in [0, 0.05) is 32.3 Å². The maximum atomic E-state index is 13.3. The zero-order valence-electron chi connectivity index (χ0n) is 16.4. The van der Waals surface area contributed by atoms with Crippen molar-refractivity contribution >= 4 is 5.91 Å². The van der Waals surface area contributed by atoms with Crippen molar-refractivity contribution in [3.05, 3.63) is 35.9 Å². The molecule has 3 fully saturated rings. The van der Waals surface area contributed by atoms with Gasteiger partial charge in [0.1, 0.15) is 0 Å². The summed E-state index contributed by atoms with van der Waals surface area (Å²) in [6, 6.07) is 11.6. The third-order valence-electron chi connectivity index (χ3n) is 6.58. The summed E-state index contributed by atoms with van der Waals surface area (Å²) in [6.07, 6.45) is 5.51. The van der Waals surface area contributed by atoms with E-state index in [9.17, 15) is 4.79 Å². The average molecular weight is 373 g/mol. The first-order valence-electron chi connectivity index (χ1n) is 10.5. The van der Waals surface area contributed by atoms with Crippen LogP contribution in [-0.4, -0.2) is 67.8 Å². The van der Waals surface area contributed by atoms with Crippen LogP contribution in [-0.2, 0) is 14.3 Å². The minimum absolute atomic E-state index is 0.156. The van der Waals surface area contributed by atoms with Crippen LogP contribution in [0.25, 0.3) is 0 Å². The Hall–Kier alpha value is -1.43. The summed E-state index contributed by atoms with van der Waals surface area (Å²) < 4.78 is 10.9. The summed E-state index contributed by atoms with van der Waals surface area (Å²) in [6.45, 7) is 4.07. The molecule has 3 atom stereocenters. The predicted molar refractivity (Wildman–Crippen MR) is 104 cm³/mol. The topological polar surface area (TPSA) is 42.0 Å². The number of hydrogen-bond acceptors (Lipinski definition) is 4. The molecule has 3 heterocycles. The molecule has 0 radical (unpaired) electrons. The number of benzene rings is 1. The molecule has 5 heteroatoms. The molecule has 3 aliphatic rings. The maximum Gasteiger partial charge on any atom is 0.227 e. The predicted octanol–water partition coefficient (Wildman–Crippen LogP) is 2.87. The van der Waals surface area contributed by atoms with E-state index >= 15 is 0 Å². The smallest absolute Gasteiger partial charge is 0.227 e. The number of carbonyl (C=O) groups excluding carboxylic acids is 1. The molecule has 3 saturated heterocycles. The van der Waals surface area contributed by atoms with Crippen LogP contribution in [0.5, 0.6) is 0 Å². The molecule has 0 saturated carbocycles. The van der Waals surface area contributed by atoms with Gasteiger partial charge in [0.25, 0.3) is 0 Å². The number of fused-ring (bicyclic) bond motifs is 1. The lowest BCUT2D eigenvalue weighted by molar-refractivity contribution is -0.139. The average Bonchev–Trinajstić information content (AvgIpc) is 3.32. The van der Waals surface area contributed by atoms with Gasteiger partial charge in [-0.25, -0.2) is 0 Å². The minimum Gasteiger partial charge on any atom is -0.382 e. The largest absolute Gasteiger partial charge is 0.382 e. The van der Waals surface area contributed by atoms with Crippen LogP contribution in [0.3, 0.4) is 0 Å². The van der Waals surface area contributed by atoms with Gasteiger partial charge in [-0.3, -0.25) is 9.69 Å². The Kier molecular flexibility index (Phi) is 6.11. The van der Waals surface area contributed by atoms with Crippen molar-refractivity contribution in [1.82, 2.24) is 9.80 Å². The highest BCUT2D eigenvalue weighted by atomic mass is 16.5. The summed E-state index contributed by atoms with van der Waals surface area (Å²) in [5.74, 6) is 0.532. The fraction of sp³-hybridized carbons (Fsp3) is 0.682. The highest BCUT2D eigenvalue weighted by Crippen LogP contribution is 2.45. The van der Waals surface area contributed by atoms with Crippen LogP contribution in [0, 0.1) is 5.92 Å². The van der Waals surface area contributed by atoms with E-state index in [1.54, 1.807) is 7.11 Å². The van der Waals surface area contributed by atoms with Gasteiger partial charge in [-0.2, -0.15) is 0 Å². The molecule has 0 unspecified atom stereocenters. The molecule has 4 rings (SSSR count). The first-order valence-corrected chi connectivity index (χ1v) is 10.5. The van der Waals surface area contributed by atoms with Gasteiger partial charge < -0.3 is 14.4 Å². The summed E-state index contributed by atoms with van der Waals surface area (Å²) >= 11 is 0. The normalized spacial score (nSPS) is 29.2. The lowest BCUT2D eigenvalue weighted by atomic mass is 9.92. The quantitative estimate of drug-likeness (QED) is 0.720. The third-order valence-corrected chi connectivity index (χ3v) is 6.58. The van der Waals surface area contributed by atoms with Gasteiger partial charge in [-0.15, -0.1) is 0 Å². The second-order valence-corrected chi connectivity index (χ2v) is 8.10. The van der Waals surface area contributed by atoms with Crippen molar-refractivity contribution in [2.45, 2.75) is 50.3 Å². The van der Waals surface area contributed by atoms with Crippen molar-refractivity contribution in [3.63, 3.8) is 0 Å². The number of nitrogens with zero attached hydrogens (tertiary/aromatic N) is 2. The van der Waals surface area contributed by atoms with Crippen molar-refractivity contribution in [2.24, 2.45) is 5.92 Å². The van der Waals surface area contributed by atoms with E-state index in [1.165, 1.54) is 12.0 Å². The molecule has 0 bridgehead atoms. The minimum atomic E-state index is 0.156. The van der Waals surface area contributed by atoms with E-state index in [1.807, 2.05) is 0 Å². The number of amides is 1. The van der Waals surface area contributed by atoms with E-state index < -0.39 is 0 Å². The van der Waals surface area contributed by atoms with Crippen LogP contribution in [0.4, 0.5) is 0 Å². The Balaban J connectivity index is 1.36. The molecule has 148 valence electrons. The number of carbonyl (C=O) groups is 1. The fourth-order valence-corrected chi connectivity index (χ4v) is 5.21. The fourth-order valence-electron chi connectivity index (χ4n) is 5.21. The van der Waals surface area contributed by atoms with Gasteiger partial charge in [-0.05, 0) is 44.2 Å². The van der Waals surface area contributed by atoms with Gasteiger partial charge >= 0.3 is 0 Å². The van der Waals surface area contributed by atoms with Gasteiger partial charge in [-0.1, -0.05) is 30.3 Å². The standard InChI is InChI=1S/C22H32N2O3/c1-26-14-15-27-18-9-12-23(13-10-18)22(25)19-16-21(17-6-3-2-4-7-17)24-11-5-8-20(19)24/h2-4,6-7,18-21H,5,8-16H2,1H3/t19-,20+,21-/m1/s1. The van der Waals surface area contributed by atoms with Gasteiger partial charge in [0.2, 0.25) is 5.91 Å². The van der Waals surface area contributed by atoms with Crippen LogP contribution in [0.15, 0.2) is 30.3 Å². The van der Waals surface area contributed by atoms with Crippen LogP contribution >= 0.6 is 0 Å². The van der Waals surface area contributed by atoms with Gasteiger partial charge in [0.15, 0.2) is 0 Å². The summed E-state index contributed by atoms with van der Waals surface area (Å²) in [4.78, 5) is 18.0. The van der Waals surface area contributed by atoms with Crippen molar-refractivity contribution in [3.8, 4) is 0 Å². The molecular weight excluding hydrogens is 340 g/mol. The van der Waals surface area contributed by atoms with E-state index in [2.05, 4.69) is 40.1 Å². The number of piperidine rings is 1. The number of methoxy groups -OCH3 is 1. The molecule has 0 aromatic heterocycles. The van der Waals surface area contributed by atoms with Crippen LogP contribution in [0.1, 0.15) is 43.7 Å². The Labute approximate surface area is 162 Å². The molecule has 1 amide bonds. The van der Waals surface area contributed by atoms with Crippen molar-refractivity contribution in [2.75, 3.05) is 40.0 Å². The molecule has 5 nitrogen and oxygen atoms in total. The molecule has 1 aromatic rings. The first kappa shape index (κ1) is 18.9. The van der Waals surface area contributed by atoms with E-state index in [0.29, 0.717) is 31.2 Å². The lowest BCUT2D eigenvalue weighted by Crippen LogP contribution is -2.46. The number of rotatable bonds is 6. The Morgan fingerprint density at radius 2 is 1.85 bits per heavy atom. The maximum absolute atomic E-state index is 13.3. The molecular formula is C22H32N2O3.